The van der Waals surface area contributed by atoms with Gasteiger partial charge in [-0.3, -0.25) is 9.59 Å². The summed E-state index contributed by atoms with van der Waals surface area (Å²) in [7, 11) is 0. The lowest BCUT2D eigenvalue weighted by Crippen LogP contribution is -2.55. The maximum atomic E-state index is 12.6. The molecule has 1 atom stereocenters. The SMILES string of the molecule is CCNC(=O)C1COCCN1C(=O)c1cc(N)cc(Br)c1. The third-order valence-electron chi connectivity index (χ3n) is 3.21. The molecule has 1 saturated heterocycles. The highest BCUT2D eigenvalue weighted by Gasteiger charge is 2.33. The van der Waals surface area contributed by atoms with Crippen molar-refractivity contribution < 1.29 is 14.3 Å². The van der Waals surface area contributed by atoms with Crippen molar-refractivity contribution in [3.63, 3.8) is 0 Å². The van der Waals surface area contributed by atoms with Crippen molar-refractivity contribution in [2.24, 2.45) is 0 Å². The average Bonchev–Trinajstić information content (AvgIpc) is 2.45. The summed E-state index contributed by atoms with van der Waals surface area (Å²) >= 11 is 3.32. The Balaban J connectivity index is 2.24. The minimum absolute atomic E-state index is 0.200. The number of halogens is 1. The summed E-state index contributed by atoms with van der Waals surface area (Å²) in [5.74, 6) is -0.420. The van der Waals surface area contributed by atoms with E-state index in [1.807, 2.05) is 6.92 Å². The molecule has 114 valence electrons. The molecule has 0 saturated carbocycles. The number of nitrogens with zero attached hydrogens (tertiary/aromatic N) is 1. The molecule has 1 aromatic carbocycles. The summed E-state index contributed by atoms with van der Waals surface area (Å²) in [5, 5.41) is 2.73. The van der Waals surface area contributed by atoms with Crippen molar-refractivity contribution in [1.29, 1.82) is 0 Å². The van der Waals surface area contributed by atoms with Gasteiger partial charge < -0.3 is 20.7 Å². The number of carbonyl (C=O) groups is 2. The van der Waals surface area contributed by atoms with Crippen LogP contribution in [0.15, 0.2) is 22.7 Å². The van der Waals surface area contributed by atoms with E-state index in [1.165, 1.54) is 4.90 Å². The Kier molecular flexibility index (Phi) is 5.19. The number of carbonyl (C=O) groups excluding carboxylic acids is 2. The van der Waals surface area contributed by atoms with Crippen LogP contribution < -0.4 is 11.1 Å². The van der Waals surface area contributed by atoms with Crippen LogP contribution in [-0.2, 0) is 9.53 Å². The number of morpholine rings is 1. The predicted octanol–water partition coefficient (Wildman–Crippen LogP) is 1.01. The Labute approximate surface area is 131 Å². The number of amides is 2. The van der Waals surface area contributed by atoms with Crippen molar-refractivity contribution in [3.8, 4) is 0 Å². The maximum absolute atomic E-state index is 12.6. The topological polar surface area (TPSA) is 84.7 Å². The molecule has 6 nitrogen and oxygen atoms in total. The molecule has 1 unspecified atom stereocenters. The monoisotopic (exact) mass is 355 g/mol. The fraction of sp³-hybridized carbons (Fsp3) is 0.429. The normalized spacial score (nSPS) is 18.4. The Morgan fingerprint density at radius 3 is 2.90 bits per heavy atom. The zero-order chi connectivity index (χ0) is 15.4. The highest BCUT2D eigenvalue weighted by atomic mass is 79.9. The first kappa shape index (κ1) is 15.8. The first-order valence-corrected chi connectivity index (χ1v) is 7.54. The second kappa shape index (κ2) is 6.91. The van der Waals surface area contributed by atoms with Crippen LogP contribution in [-0.4, -0.2) is 49.1 Å². The van der Waals surface area contributed by atoms with Crippen LogP contribution in [0.4, 0.5) is 5.69 Å². The van der Waals surface area contributed by atoms with Gasteiger partial charge in [0.15, 0.2) is 0 Å². The molecule has 0 radical (unpaired) electrons. The van der Waals surface area contributed by atoms with Crippen molar-refractivity contribution in [2.45, 2.75) is 13.0 Å². The Morgan fingerprint density at radius 1 is 1.48 bits per heavy atom. The number of anilines is 1. The van der Waals surface area contributed by atoms with Crippen LogP contribution in [0.5, 0.6) is 0 Å². The minimum atomic E-state index is -0.605. The summed E-state index contributed by atoms with van der Waals surface area (Å²) < 4.78 is 6.05. The summed E-state index contributed by atoms with van der Waals surface area (Å²) in [4.78, 5) is 26.2. The molecule has 0 spiro atoms. The second-order valence-electron chi connectivity index (χ2n) is 4.76. The summed E-state index contributed by atoms with van der Waals surface area (Å²) in [6.07, 6.45) is 0. The molecule has 1 aromatic rings. The summed E-state index contributed by atoms with van der Waals surface area (Å²) in [6, 6.07) is 4.42. The fourth-order valence-electron chi connectivity index (χ4n) is 2.26. The van der Waals surface area contributed by atoms with E-state index in [-0.39, 0.29) is 18.4 Å². The Hall–Kier alpha value is -1.60. The van der Waals surface area contributed by atoms with Gasteiger partial charge in [0.05, 0.1) is 13.2 Å². The zero-order valence-electron chi connectivity index (χ0n) is 11.8. The molecular formula is C14H18BrN3O3. The lowest BCUT2D eigenvalue weighted by atomic mass is 10.1. The largest absolute Gasteiger partial charge is 0.399 e. The van der Waals surface area contributed by atoms with Gasteiger partial charge >= 0.3 is 0 Å². The smallest absolute Gasteiger partial charge is 0.254 e. The van der Waals surface area contributed by atoms with Crippen molar-refractivity contribution in [3.05, 3.63) is 28.2 Å². The molecule has 2 amide bonds. The minimum Gasteiger partial charge on any atom is -0.399 e. The quantitative estimate of drug-likeness (QED) is 0.792. The van der Waals surface area contributed by atoms with E-state index in [4.69, 9.17) is 10.5 Å². The standard InChI is InChI=1S/C14H18BrN3O3/c1-2-17-13(19)12-8-21-4-3-18(12)14(20)9-5-10(15)7-11(16)6-9/h5-7,12H,2-4,8,16H2,1H3,(H,17,19). The molecule has 1 aliphatic rings. The molecular weight excluding hydrogens is 338 g/mol. The Bertz CT molecular complexity index is 530. The fourth-order valence-corrected chi connectivity index (χ4v) is 2.77. The predicted molar refractivity (Wildman–Crippen MR) is 82.9 cm³/mol. The second-order valence-corrected chi connectivity index (χ2v) is 5.67. The van der Waals surface area contributed by atoms with Gasteiger partial charge in [-0.15, -0.1) is 0 Å². The highest BCUT2D eigenvalue weighted by molar-refractivity contribution is 9.10. The van der Waals surface area contributed by atoms with Crippen LogP contribution in [0.1, 0.15) is 17.3 Å². The van der Waals surface area contributed by atoms with Crippen LogP contribution in [0.25, 0.3) is 0 Å². The number of likely N-dealkylation sites (N-methyl/N-ethyl adjacent to an activating group) is 1. The van der Waals surface area contributed by atoms with Crippen LogP contribution in [0, 0.1) is 0 Å². The number of hydrogen-bond acceptors (Lipinski definition) is 4. The van der Waals surface area contributed by atoms with Crippen molar-refractivity contribution in [1.82, 2.24) is 10.2 Å². The third kappa shape index (κ3) is 3.74. The van der Waals surface area contributed by atoms with Crippen LogP contribution >= 0.6 is 15.9 Å². The van der Waals surface area contributed by atoms with E-state index in [0.717, 1.165) is 4.47 Å². The highest BCUT2D eigenvalue weighted by Crippen LogP contribution is 2.20. The molecule has 1 aliphatic heterocycles. The van der Waals surface area contributed by atoms with Gasteiger partial charge in [-0.1, -0.05) is 15.9 Å². The lowest BCUT2D eigenvalue weighted by molar-refractivity contribution is -0.130. The number of nitrogens with one attached hydrogen (secondary N) is 1. The number of ether oxygens (including phenoxy) is 1. The molecule has 1 fully saturated rings. The summed E-state index contributed by atoms with van der Waals surface area (Å²) in [6.45, 7) is 3.36. The average molecular weight is 356 g/mol. The van der Waals surface area contributed by atoms with Crippen molar-refractivity contribution in [2.75, 3.05) is 32.0 Å². The van der Waals surface area contributed by atoms with E-state index in [9.17, 15) is 9.59 Å². The lowest BCUT2D eigenvalue weighted by Gasteiger charge is -2.34. The molecule has 2 rings (SSSR count). The Morgan fingerprint density at radius 2 is 2.24 bits per heavy atom. The first-order valence-electron chi connectivity index (χ1n) is 6.75. The van der Waals surface area contributed by atoms with Crippen LogP contribution in [0.3, 0.4) is 0 Å². The van der Waals surface area contributed by atoms with Gasteiger partial charge in [0.2, 0.25) is 5.91 Å². The van der Waals surface area contributed by atoms with Gasteiger partial charge in [0.25, 0.3) is 5.91 Å². The van der Waals surface area contributed by atoms with E-state index in [0.29, 0.717) is 30.9 Å². The van der Waals surface area contributed by atoms with Crippen LogP contribution in [0.2, 0.25) is 0 Å². The number of nitrogens with two attached hydrogens (primary N) is 1. The summed E-state index contributed by atoms with van der Waals surface area (Å²) in [5.41, 5.74) is 6.72. The van der Waals surface area contributed by atoms with Gasteiger partial charge in [0, 0.05) is 28.8 Å². The molecule has 0 aliphatic carbocycles. The molecule has 3 N–H and O–H groups in total. The van der Waals surface area contributed by atoms with Gasteiger partial charge in [-0.2, -0.15) is 0 Å². The van der Waals surface area contributed by atoms with Gasteiger partial charge in [0.1, 0.15) is 6.04 Å². The zero-order valence-corrected chi connectivity index (χ0v) is 13.4. The van der Waals surface area contributed by atoms with E-state index in [1.54, 1.807) is 18.2 Å². The number of hydrogen-bond donors (Lipinski definition) is 2. The molecule has 21 heavy (non-hydrogen) atoms. The first-order chi connectivity index (χ1) is 10.0. The van der Waals surface area contributed by atoms with Gasteiger partial charge in [-0.05, 0) is 25.1 Å². The molecule has 0 bridgehead atoms. The van der Waals surface area contributed by atoms with E-state index in [2.05, 4.69) is 21.2 Å². The van der Waals surface area contributed by atoms with Crippen molar-refractivity contribution >= 4 is 33.4 Å². The molecule has 1 heterocycles. The van der Waals surface area contributed by atoms with Gasteiger partial charge in [-0.25, -0.2) is 0 Å². The van der Waals surface area contributed by atoms with E-state index >= 15 is 0 Å². The number of benzene rings is 1. The molecule has 7 heteroatoms. The maximum Gasteiger partial charge on any atom is 0.254 e. The molecule has 0 aromatic heterocycles. The third-order valence-corrected chi connectivity index (χ3v) is 3.67. The number of nitrogen functional groups attached to an aromatic ring is 1. The van der Waals surface area contributed by atoms with E-state index < -0.39 is 6.04 Å². The number of rotatable bonds is 3.